The third-order valence-electron chi connectivity index (χ3n) is 1.98. The Bertz CT molecular complexity index is 418. The molecule has 0 aliphatic carbocycles. The molecule has 1 atom stereocenters. The van der Waals surface area contributed by atoms with E-state index in [1.54, 1.807) is 0 Å². The molecular formula is C11H11F3N2O. The number of hydrogen-bond acceptors (Lipinski definition) is 3. The summed E-state index contributed by atoms with van der Waals surface area (Å²) in [7, 11) is 0. The zero-order chi connectivity index (χ0) is 13.1. The van der Waals surface area contributed by atoms with Gasteiger partial charge in [0.2, 0.25) is 0 Å². The minimum atomic E-state index is -4.37. The number of halogens is 3. The van der Waals surface area contributed by atoms with Crippen LogP contribution in [0.1, 0.15) is 12.5 Å². The Morgan fingerprint density at radius 1 is 1.29 bits per heavy atom. The number of alkyl halides is 3. The largest absolute Gasteiger partial charge is 0.491 e. The number of rotatable bonds is 3. The fraction of sp³-hybridized carbons (Fsp3) is 0.364. The molecule has 0 saturated heterocycles. The molecule has 0 fully saturated rings. The Kier molecular flexibility index (Phi) is 3.63. The van der Waals surface area contributed by atoms with Gasteiger partial charge in [-0.15, -0.1) is 0 Å². The maximum atomic E-state index is 12.2. The lowest BCUT2D eigenvalue weighted by Gasteiger charge is -2.16. The van der Waals surface area contributed by atoms with E-state index < -0.39 is 17.3 Å². The third-order valence-corrected chi connectivity index (χ3v) is 1.98. The molecule has 1 aromatic carbocycles. The topological polar surface area (TPSA) is 59.0 Å². The molecule has 0 heterocycles. The van der Waals surface area contributed by atoms with E-state index in [0.29, 0.717) is 0 Å². The molecule has 92 valence electrons. The van der Waals surface area contributed by atoms with Gasteiger partial charge in [0, 0.05) is 0 Å². The van der Waals surface area contributed by atoms with Gasteiger partial charge in [-0.2, -0.15) is 18.4 Å². The van der Waals surface area contributed by atoms with Crippen molar-refractivity contribution in [2.45, 2.75) is 18.6 Å². The molecular weight excluding hydrogens is 233 g/mol. The number of benzene rings is 1. The van der Waals surface area contributed by atoms with Crippen LogP contribution in [0.15, 0.2) is 24.3 Å². The van der Waals surface area contributed by atoms with Crippen molar-refractivity contribution in [3.63, 3.8) is 0 Å². The molecule has 0 bridgehead atoms. The van der Waals surface area contributed by atoms with E-state index in [2.05, 4.69) is 0 Å². The van der Waals surface area contributed by atoms with Crippen molar-refractivity contribution in [3.8, 4) is 11.8 Å². The summed E-state index contributed by atoms with van der Waals surface area (Å²) in [4.78, 5) is 0. The average Bonchev–Trinajstić information content (AvgIpc) is 2.26. The molecule has 0 aromatic heterocycles. The highest BCUT2D eigenvalue weighted by atomic mass is 19.4. The summed E-state index contributed by atoms with van der Waals surface area (Å²) in [6.07, 6.45) is -4.37. The Balaban J connectivity index is 2.68. The van der Waals surface area contributed by atoms with E-state index in [9.17, 15) is 13.2 Å². The fourth-order valence-electron chi connectivity index (χ4n) is 1.01. The highest BCUT2D eigenvalue weighted by molar-refractivity contribution is 5.29. The molecule has 17 heavy (non-hydrogen) atoms. The van der Waals surface area contributed by atoms with Crippen LogP contribution in [-0.4, -0.2) is 12.1 Å². The summed E-state index contributed by atoms with van der Waals surface area (Å²) >= 11 is 0. The summed E-state index contributed by atoms with van der Waals surface area (Å²) < 4.78 is 41.9. The number of nitrogens with two attached hydrogens (primary N) is 1. The van der Waals surface area contributed by atoms with Crippen LogP contribution < -0.4 is 10.5 Å². The van der Waals surface area contributed by atoms with Gasteiger partial charge in [-0.05, 0) is 31.2 Å². The lowest BCUT2D eigenvalue weighted by Crippen LogP contribution is -2.40. The van der Waals surface area contributed by atoms with E-state index in [1.807, 2.05) is 6.07 Å². The molecule has 0 amide bonds. The van der Waals surface area contributed by atoms with Crippen LogP contribution in [0.5, 0.6) is 5.75 Å². The molecule has 0 aliphatic heterocycles. The summed E-state index contributed by atoms with van der Waals surface area (Å²) in [6.45, 7) is 1.38. The maximum absolute atomic E-state index is 12.2. The normalized spacial score (nSPS) is 14.8. The van der Waals surface area contributed by atoms with Crippen molar-refractivity contribution >= 4 is 0 Å². The monoisotopic (exact) mass is 244 g/mol. The molecule has 0 saturated carbocycles. The fourth-order valence-corrected chi connectivity index (χ4v) is 1.01. The minimum absolute atomic E-state index is 0.0884. The van der Waals surface area contributed by atoms with Gasteiger partial charge in [-0.25, -0.2) is 0 Å². The predicted molar refractivity (Wildman–Crippen MR) is 55.1 cm³/mol. The number of nitrogens with zero attached hydrogens (tertiary/aromatic N) is 1. The molecule has 1 rings (SSSR count). The molecule has 0 spiro atoms. The number of hydrogen-bond donors (Lipinski definition) is 1. The molecule has 1 aromatic rings. The van der Waals surface area contributed by atoms with Gasteiger partial charge >= 0.3 is 6.18 Å². The Morgan fingerprint density at radius 3 is 2.24 bits per heavy atom. The van der Waals surface area contributed by atoms with E-state index in [1.165, 1.54) is 19.1 Å². The summed E-state index contributed by atoms with van der Waals surface area (Å²) in [5.74, 6) is 0.241. The Morgan fingerprint density at radius 2 is 1.82 bits per heavy atom. The number of nitriles is 1. The van der Waals surface area contributed by atoms with Gasteiger partial charge in [0.15, 0.2) is 0 Å². The van der Waals surface area contributed by atoms with Gasteiger partial charge in [-0.3, -0.25) is 0 Å². The third kappa shape index (κ3) is 3.96. The average molecular weight is 244 g/mol. The summed E-state index contributed by atoms with van der Waals surface area (Å²) in [5.41, 5.74) is 3.58. The molecule has 1 unspecified atom stereocenters. The van der Waals surface area contributed by atoms with Crippen LogP contribution in [0.3, 0.4) is 0 Å². The zero-order valence-electron chi connectivity index (χ0n) is 9.08. The molecule has 6 heteroatoms. The molecule has 3 nitrogen and oxygen atoms in total. The van der Waals surface area contributed by atoms with Crippen LogP contribution in [0.4, 0.5) is 13.2 Å². The molecule has 0 aliphatic rings. The zero-order valence-corrected chi connectivity index (χ0v) is 9.08. The summed E-state index contributed by atoms with van der Waals surface area (Å²) in [6, 6.07) is 6.03. The van der Waals surface area contributed by atoms with E-state index in [0.717, 1.165) is 12.1 Å². The maximum Gasteiger partial charge on any atom is 0.416 e. The van der Waals surface area contributed by atoms with Crippen LogP contribution in [0, 0.1) is 11.3 Å². The van der Waals surface area contributed by atoms with Gasteiger partial charge in [0.05, 0.1) is 11.6 Å². The Labute approximate surface area is 96.6 Å². The van der Waals surface area contributed by atoms with Crippen LogP contribution in [0.25, 0.3) is 0 Å². The lowest BCUT2D eigenvalue weighted by molar-refractivity contribution is -0.137. The van der Waals surface area contributed by atoms with E-state index in [4.69, 9.17) is 15.7 Å². The Hall–Kier alpha value is -1.74. The molecule has 2 N–H and O–H groups in total. The van der Waals surface area contributed by atoms with Crippen LogP contribution in [0.2, 0.25) is 0 Å². The SMILES string of the molecule is CC(N)(C#N)COc1ccc(C(F)(F)F)cc1. The highest BCUT2D eigenvalue weighted by Crippen LogP contribution is 2.30. The lowest BCUT2D eigenvalue weighted by atomic mass is 10.1. The minimum Gasteiger partial charge on any atom is -0.491 e. The van der Waals surface area contributed by atoms with Gasteiger partial charge in [0.1, 0.15) is 17.9 Å². The second-order valence-electron chi connectivity index (χ2n) is 3.84. The molecule has 0 radical (unpaired) electrons. The predicted octanol–water partition coefficient (Wildman–Crippen LogP) is 2.33. The van der Waals surface area contributed by atoms with Gasteiger partial charge in [-0.1, -0.05) is 0 Å². The van der Waals surface area contributed by atoms with Crippen molar-refractivity contribution < 1.29 is 17.9 Å². The smallest absolute Gasteiger partial charge is 0.416 e. The van der Waals surface area contributed by atoms with Crippen molar-refractivity contribution in [2.24, 2.45) is 5.73 Å². The highest BCUT2D eigenvalue weighted by Gasteiger charge is 2.30. The van der Waals surface area contributed by atoms with E-state index >= 15 is 0 Å². The summed E-state index contributed by atoms with van der Waals surface area (Å²) in [5, 5.41) is 8.62. The quantitative estimate of drug-likeness (QED) is 0.887. The van der Waals surface area contributed by atoms with E-state index in [-0.39, 0.29) is 12.4 Å². The first-order chi connectivity index (χ1) is 7.74. The van der Waals surface area contributed by atoms with Crippen molar-refractivity contribution in [2.75, 3.05) is 6.61 Å². The first-order valence-electron chi connectivity index (χ1n) is 4.75. The first-order valence-corrected chi connectivity index (χ1v) is 4.75. The van der Waals surface area contributed by atoms with Gasteiger partial charge in [0.25, 0.3) is 0 Å². The van der Waals surface area contributed by atoms with Crippen molar-refractivity contribution in [1.29, 1.82) is 5.26 Å². The van der Waals surface area contributed by atoms with Gasteiger partial charge < -0.3 is 10.5 Å². The first kappa shape index (κ1) is 13.3. The van der Waals surface area contributed by atoms with Crippen LogP contribution >= 0.6 is 0 Å². The van der Waals surface area contributed by atoms with Crippen molar-refractivity contribution in [3.05, 3.63) is 29.8 Å². The standard InChI is InChI=1S/C11H11F3N2O/c1-10(16,6-15)7-17-9-4-2-8(3-5-9)11(12,13)14/h2-5H,7,16H2,1H3. The van der Waals surface area contributed by atoms with Crippen molar-refractivity contribution in [1.82, 2.24) is 0 Å². The van der Waals surface area contributed by atoms with Crippen LogP contribution in [-0.2, 0) is 6.18 Å². The second kappa shape index (κ2) is 4.63. The second-order valence-corrected chi connectivity index (χ2v) is 3.84. The number of ether oxygens (including phenoxy) is 1.